The van der Waals surface area contributed by atoms with E-state index in [4.69, 9.17) is 21.6 Å². The van der Waals surface area contributed by atoms with Crippen molar-refractivity contribution in [3.8, 4) is 0 Å². The molecule has 0 atom stereocenters. The van der Waals surface area contributed by atoms with Gasteiger partial charge in [-0.2, -0.15) is 0 Å². The Morgan fingerprint density at radius 3 is 2.24 bits per heavy atom. The van der Waals surface area contributed by atoms with Gasteiger partial charge in [-0.3, -0.25) is 4.79 Å². The minimum absolute atomic E-state index is 0.0666. The summed E-state index contributed by atoms with van der Waals surface area (Å²) in [7, 11) is -4.08. The van der Waals surface area contributed by atoms with Gasteiger partial charge in [0, 0.05) is 17.1 Å². The smallest absolute Gasteiger partial charge is 0.256 e. The molecule has 0 aliphatic carbocycles. The van der Waals surface area contributed by atoms with Crippen LogP contribution in [0.5, 0.6) is 0 Å². The van der Waals surface area contributed by atoms with Crippen LogP contribution >= 0.6 is 11.6 Å². The minimum Gasteiger partial charge on any atom is -0.309 e. The zero-order valence-corrected chi connectivity index (χ0v) is 22.0. The van der Waals surface area contributed by atoms with Crippen molar-refractivity contribution in [2.24, 2.45) is 0 Å². The Labute approximate surface area is 220 Å². The monoisotopic (exact) mass is 532 g/mol. The Morgan fingerprint density at radius 2 is 1.59 bits per heavy atom. The second kappa shape index (κ2) is 9.95. The molecule has 0 aliphatic heterocycles. The molecule has 5 aromatic rings. The van der Waals surface area contributed by atoms with Gasteiger partial charge >= 0.3 is 0 Å². The Hall–Kier alpha value is -3.75. The van der Waals surface area contributed by atoms with Crippen molar-refractivity contribution in [3.63, 3.8) is 0 Å². The number of anilines is 1. The van der Waals surface area contributed by atoms with Gasteiger partial charge in [0.25, 0.3) is 5.91 Å². The van der Waals surface area contributed by atoms with Gasteiger partial charge in [0.2, 0.25) is 9.84 Å². The molecule has 0 aliphatic rings. The Balaban J connectivity index is 1.80. The Bertz CT molecular complexity index is 1730. The van der Waals surface area contributed by atoms with Gasteiger partial charge in [0.15, 0.2) is 5.65 Å². The van der Waals surface area contributed by atoms with E-state index in [1.54, 1.807) is 59.2 Å². The maximum absolute atomic E-state index is 14.1. The first-order valence-electron chi connectivity index (χ1n) is 12.0. The lowest BCUT2D eigenvalue weighted by Gasteiger charge is -2.13. The third-order valence-corrected chi connectivity index (χ3v) is 8.25. The van der Waals surface area contributed by atoms with E-state index < -0.39 is 15.7 Å². The normalized spacial score (nSPS) is 11.8. The lowest BCUT2D eigenvalue weighted by molar-refractivity contribution is 0.102. The molecule has 37 heavy (non-hydrogen) atoms. The van der Waals surface area contributed by atoms with E-state index in [9.17, 15) is 13.2 Å². The number of carbonyl (C=O) groups is 1. The maximum atomic E-state index is 14.1. The number of nitrogens with zero attached hydrogens (tertiary/aromatic N) is 3. The number of sulfone groups is 1. The molecule has 0 saturated heterocycles. The average Bonchev–Trinajstić information content (AvgIpc) is 3.18. The fourth-order valence-corrected chi connectivity index (χ4v) is 5.86. The lowest BCUT2D eigenvalue weighted by Crippen LogP contribution is -2.18. The van der Waals surface area contributed by atoms with Crippen molar-refractivity contribution in [2.75, 3.05) is 5.32 Å². The Kier molecular flexibility index (Phi) is 6.70. The summed E-state index contributed by atoms with van der Waals surface area (Å²) >= 11 is 6.00. The highest BCUT2D eigenvalue weighted by Gasteiger charge is 2.32. The minimum atomic E-state index is -4.08. The molecule has 0 fully saturated rings. The number of amides is 1. The van der Waals surface area contributed by atoms with Crippen LogP contribution in [0.1, 0.15) is 35.7 Å². The van der Waals surface area contributed by atoms with Crippen LogP contribution in [0.15, 0.2) is 82.6 Å². The number of nitrogens with one attached hydrogen (secondary N) is 1. The van der Waals surface area contributed by atoms with E-state index in [0.29, 0.717) is 33.8 Å². The summed E-state index contributed by atoms with van der Waals surface area (Å²) in [6, 6.07) is 20.4. The summed E-state index contributed by atoms with van der Waals surface area (Å²) in [5.74, 6) is -0.304. The molecule has 1 N–H and O–H groups in total. The molecule has 2 heterocycles. The summed E-state index contributed by atoms with van der Waals surface area (Å²) in [5, 5.41) is 3.37. The first kappa shape index (κ1) is 24.9. The second-order valence-electron chi connectivity index (χ2n) is 8.84. The van der Waals surface area contributed by atoms with Gasteiger partial charge in [0.05, 0.1) is 15.9 Å². The molecule has 0 unspecified atom stereocenters. The predicted molar refractivity (Wildman–Crippen MR) is 146 cm³/mol. The summed E-state index contributed by atoms with van der Waals surface area (Å²) in [4.78, 5) is 22.9. The molecule has 0 bridgehead atoms. The molecule has 7 nitrogen and oxygen atoms in total. The van der Waals surface area contributed by atoms with Crippen LogP contribution in [0.3, 0.4) is 0 Å². The number of aryl methyl sites for hydroxylation is 2. The van der Waals surface area contributed by atoms with Crippen LogP contribution in [0, 0.1) is 6.92 Å². The Morgan fingerprint density at radius 1 is 0.946 bits per heavy atom. The molecule has 1 amide bonds. The van der Waals surface area contributed by atoms with Crippen LogP contribution < -0.4 is 5.32 Å². The molecule has 3 aromatic carbocycles. The number of unbranched alkanes of at least 4 members (excludes halogenated alkanes) is 1. The topological polar surface area (TPSA) is 94.0 Å². The number of para-hydroxylation sites is 2. The van der Waals surface area contributed by atoms with Crippen molar-refractivity contribution in [1.82, 2.24) is 14.5 Å². The van der Waals surface area contributed by atoms with Gasteiger partial charge in [-0.05, 0) is 61.9 Å². The summed E-state index contributed by atoms with van der Waals surface area (Å²) in [5.41, 5.74) is 3.12. The highest BCUT2D eigenvalue weighted by molar-refractivity contribution is 7.92. The van der Waals surface area contributed by atoms with E-state index >= 15 is 0 Å². The number of aromatic nitrogens is 3. The highest BCUT2D eigenvalue weighted by atomic mass is 35.5. The van der Waals surface area contributed by atoms with E-state index in [1.807, 2.05) is 32.0 Å². The van der Waals surface area contributed by atoms with E-state index in [2.05, 4.69) is 5.32 Å². The average molecular weight is 533 g/mol. The molecule has 5 rings (SSSR count). The number of benzene rings is 3. The number of halogens is 1. The molecule has 0 radical (unpaired) electrons. The molecule has 188 valence electrons. The van der Waals surface area contributed by atoms with Gasteiger partial charge in [-0.1, -0.05) is 54.8 Å². The number of hydrogen-bond acceptors (Lipinski definition) is 5. The van der Waals surface area contributed by atoms with E-state index in [0.717, 1.165) is 18.4 Å². The SMILES string of the molecule is CCCCn1c(NC(=O)c2ccc(Cl)cc2)c(S(=O)(=O)c2ccc(C)cc2)c2nc3ccccc3nc21. The maximum Gasteiger partial charge on any atom is 0.256 e. The first-order chi connectivity index (χ1) is 17.8. The largest absolute Gasteiger partial charge is 0.309 e. The first-order valence-corrected chi connectivity index (χ1v) is 13.8. The van der Waals surface area contributed by atoms with E-state index in [-0.39, 0.29) is 21.1 Å². The quantitative estimate of drug-likeness (QED) is 0.260. The van der Waals surface area contributed by atoms with Crippen LogP contribution in [0.2, 0.25) is 5.02 Å². The van der Waals surface area contributed by atoms with Crippen LogP contribution in [0.4, 0.5) is 5.82 Å². The fourth-order valence-electron chi connectivity index (χ4n) is 4.20. The number of hydrogen-bond donors (Lipinski definition) is 1. The van der Waals surface area contributed by atoms with Gasteiger partial charge in [0.1, 0.15) is 16.2 Å². The third-order valence-electron chi connectivity index (χ3n) is 6.18. The summed E-state index contributed by atoms with van der Waals surface area (Å²) in [6.45, 7) is 4.39. The van der Waals surface area contributed by atoms with Gasteiger partial charge in [-0.15, -0.1) is 0 Å². The highest BCUT2D eigenvalue weighted by Crippen LogP contribution is 2.37. The van der Waals surface area contributed by atoms with Crippen molar-refractivity contribution in [2.45, 2.75) is 43.0 Å². The number of fused-ring (bicyclic) bond motifs is 2. The molecular weight excluding hydrogens is 508 g/mol. The summed E-state index contributed by atoms with van der Waals surface area (Å²) in [6.07, 6.45) is 1.62. The van der Waals surface area contributed by atoms with Crippen LogP contribution in [-0.4, -0.2) is 28.9 Å². The predicted octanol–water partition coefficient (Wildman–Crippen LogP) is 6.43. The van der Waals surface area contributed by atoms with Crippen molar-refractivity contribution >= 4 is 55.4 Å². The molecule has 0 spiro atoms. The second-order valence-corrected chi connectivity index (χ2v) is 11.2. The van der Waals surface area contributed by atoms with Crippen molar-refractivity contribution < 1.29 is 13.2 Å². The number of rotatable bonds is 7. The van der Waals surface area contributed by atoms with Crippen LogP contribution in [0.25, 0.3) is 22.2 Å². The lowest BCUT2D eigenvalue weighted by atomic mass is 10.2. The van der Waals surface area contributed by atoms with Crippen molar-refractivity contribution in [3.05, 3.63) is 88.9 Å². The third kappa shape index (κ3) is 4.70. The van der Waals surface area contributed by atoms with Gasteiger partial charge in [-0.25, -0.2) is 18.4 Å². The standard InChI is InChI=1S/C28H25ClN4O3S/c1-3-4-17-33-26-24(30-22-7-5-6-8-23(22)31-26)25(37(35,36)21-15-9-18(2)10-16-21)27(33)32-28(34)19-11-13-20(29)14-12-19/h5-16H,3-4,17H2,1-2H3,(H,32,34). The van der Waals surface area contributed by atoms with Crippen LogP contribution in [-0.2, 0) is 16.4 Å². The fraction of sp³-hybridized carbons (Fsp3) is 0.179. The number of carbonyl (C=O) groups excluding carboxylic acids is 1. The van der Waals surface area contributed by atoms with Gasteiger partial charge < -0.3 is 9.88 Å². The van der Waals surface area contributed by atoms with Crippen molar-refractivity contribution in [1.29, 1.82) is 0 Å². The molecular formula is C28H25ClN4O3S. The molecule has 0 saturated carbocycles. The molecule has 2 aromatic heterocycles. The molecule has 9 heteroatoms. The van der Waals surface area contributed by atoms with E-state index in [1.165, 1.54) is 0 Å². The zero-order chi connectivity index (χ0) is 26.2. The zero-order valence-electron chi connectivity index (χ0n) is 20.4. The summed E-state index contributed by atoms with van der Waals surface area (Å²) < 4.78 is 30.0.